The van der Waals surface area contributed by atoms with Crippen molar-refractivity contribution < 1.29 is 13.2 Å². The zero-order chi connectivity index (χ0) is 16.2. The van der Waals surface area contributed by atoms with Gasteiger partial charge in [-0.3, -0.25) is 0 Å². The van der Waals surface area contributed by atoms with Gasteiger partial charge < -0.3 is 10.5 Å². The molecule has 0 aliphatic rings. The van der Waals surface area contributed by atoms with Crippen molar-refractivity contribution in [3.63, 3.8) is 0 Å². The average Bonchev–Trinajstić information content (AvgIpc) is 2.45. The molecule has 3 N–H and O–H groups in total. The molecule has 0 amide bonds. The van der Waals surface area contributed by atoms with E-state index in [1.807, 2.05) is 31.2 Å². The lowest BCUT2D eigenvalue weighted by Gasteiger charge is -2.15. The van der Waals surface area contributed by atoms with Gasteiger partial charge in [-0.25, -0.2) is 13.1 Å². The largest absolute Gasteiger partial charge is 0.492 e. The third-order valence-corrected chi connectivity index (χ3v) is 4.64. The maximum atomic E-state index is 12.2. The van der Waals surface area contributed by atoms with Gasteiger partial charge in [-0.05, 0) is 55.8 Å². The molecule has 0 spiro atoms. The van der Waals surface area contributed by atoms with E-state index in [1.165, 1.54) is 12.1 Å². The number of nitrogens with two attached hydrogens (primary N) is 1. The highest BCUT2D eigenvalue weighted by Crippen LogP contribution is 2.14. The van der Waals surface area contributed by atoms with Crippen LogP contribution < -0.4 is 15.2 Å². The number of aryl methyl sites for hydroxylation is 1. The summed E-state index contributed by atoms with van der Waals surface area (Å²) >= 11 is 0. The smallest absolute Gasteiger partial charge is 0.240 e. The molecule has 0 aromatic heterocycles. The molecular weight excluding hydrogens is 300 g/mol. The maximum Gasteiger partial charge on any atom is 0.240 e. The van der Waals surface area contributed by atoms with Gasteiger partial charge in [-0.1, -0.05) is 12.1 Å². The summed E-state index contributed by atoms with van der Waals surface area (Å²) in [6, 6.07) is 13.3. The van der Waals surface area contributed by atoms with Crippen LogP contribution in [-0.2, 0) is 10.0 Å². The molecule has 0 fully saturated rings. The molecule has 6 heteroatoms. The first-order chi connectivity index (χ1) is 10.4. The van der Waals surface area contributed by atoms with Gasteiger partial charge in [0.2, 0.25) is 10.0 Å². The van der Waals surface area contributed by atoms with E-state index < -0.39 is 10.0 Å². The first kappa shape index (κ1) is 16.3. The zero-order valence-electron chi connectivity index (χ0n) is 12.6. The Hall–Kier alpha value is -2.05. The molecule has 0 saturated carbocycles. The SMILES string of the molecule is Cc1cccc(OC[C@H](C)NS(=O)(=O)c2ccc(N)cc2)c1. The third kappa shape index (κ3) is 4.47. The van der Waals surface area contributed by atoms with Crippen LogP contribution in [0.1, 0.15) is 12.5 Å². The Kier molecular flexibility index (Phi) is 5.05. The molecule has 2 aromatic carbocycles. The molecule has 1 atom stereocenters. The molecular formula is C16H20N2O3S. The van der Waals surface area contributed by atoms with Crippen LogP contribution in [0.2, 0.25) is 0 Å². The molecule has 0 aliphatic heterocycles. The van der Waals surface area contributed by atoms with Crippen LogP contribution in [0.5, 0.6) is 5.75 Å². The zero-order valence-corrected chi connectivity index (χ0v) is 13.4. The summed E-state index contributed by atoms with van der Waals surface area (Å²) in [6.45, 7) is 3.97. The summed E-state index contributed by atoms with van der Waals surface area (Å²) in [5, 5.41) is 0. The first-order valence-corrected chi connectivity index (χ1v) is 8.42. The van der Waals surface area contributed by atoms with E-state index in [0.717, 1.165) is 11.3 Å². The predicted octanol–water partition coefficient (Wildman–Crippen LogP) is 2.32. The summed E-state index contributed by atoms with van der Waals surface area (Å²) in [4.78, 5) is 0.184. The van der Waals surface area contributed by atoms with Gasteiger partial charge >= 0.3 is 0 Å². The molecule has 0 aliphatic carbocycles. The highest BCUT2D eigenvalue weighted by atomic mass is 32.2. The number of benzene rings is 2. The standard InChI is InChI=1S/C16H20N2O3S/c1-12-4-3-5-15(10-12)21-11-13(2)18-22(19,20)16-8-6-14(17)7-9-16/h3-10,13,18H,11,17H2,1-2H3/t13-/m0/s1. The predicted molar refractivity (Wildman–Crippen MR) is 87.3 cm³/mol. The minimum Gasteiger partial charge on any atom is -0.492 e. The molecule has 0 heterocycles. The number of ether oxygens (including phenoxy) is 1. The molecule has 0 radical (unpaired) electrons. The first-order valence-electron chi connectivity index (χ1n) is 6.94. The van der Waals surface area contributed by atoms with Gasteiger partial charge in [0.1, 0.15) is 12.4 Å². The van der Waals surface area contributed by atoms with E-state index in [9.17, 15) is 8.42 Å². The summed E-state index contributed by atoms with van der Waals surface area (Å²) in [7, 11) is -3.57. The monoisotopic (exact) mass is 320 g/mol. The summed E-state index contributed by atoms with van der Waals surface area (Å²) in [5.41, 5.74) is 7.17. The average molecular weight is 320 g/mol. The van der Waals surface area contributed by atoms with Crippen LogP contribution in [0.25, 0.3) is 0 Å². The number of hydrogen-bond donors (Lipinski definition) is 2. The Morgan fingerprint density at radius 2 is 1.86 bits per heavy atom. The van der Waals surface area contributed by atoms with Gasteiger partial charge in [-0.15, -0.1) is 0 Å². The van der Waals surface area contributed by atoms with Crippen LogP contribution in [0.15, 0.2) is 53.4 Å². The summed E-state index contributed by atoms with van der Waals surface area (Å²) in [6.07, 6.45) is 0. The highest BCUT2D eigenvalue weighted by Gasteiger charge is 2.17. The topological polar surface area (TPSA) is 81.4 Å². The number of sulfonamides is 1. The van der Waals surface area contributed by atoms with Crippen LogP contribution in [0.4, 0.5) is 5.69 Å². The molecule has 0 saturated heterocycles. The lowest BCUT2D eigenvalue weighted by Crippen LogP contribution is -2.36. The van der Waals surface area contributed by atoms with Crippen molar-refractivity contribution in [2.24, 2.45) is 0 Å². The van der Waals surface area contributed by atoms with Crippen molar-refractivity contribution in [2.75, 3.05) is 12.3 Å². The van der Waals surface area contributed by atoms with E-state index >= 15 is 0 Å². The molecule has 2 aromatic rings. The normalized spacial score (nSPS) is 12.8. The minimum absolute atomic E-state index is 0.184. The van der Waals surface area contributed by atoms with Gasteiger partial charge in [0, 0.05) is 5.69 Å². The fraction of sp³-hybridized carbons (Fsp3) is 0.250. The number of nitrogens with one attached hydrogen (secondary N) is 1. The Morgan fingerprint density at radius 3 is 2.50 bits per heavy atom. The second kappa shape index (κ2) is 6.81. The van der Waals surface area contributed by atoms with E-state index in [2.05, 4.69) is 4.72 Å². The maximum absolute atomic E-state index is 12.2. The van der Waals surface area contributed by atoms with Crippen molar-refractivity contribution in [3.05, 3.63) is 54.1 Å². The summed E-state index contributed by atoms with van der Waals surface area (Å²) < 4.78 is 32.6. The van der Waals surface area contributed by atoms with Crippen molar-refractivity contribution in [1.29, 1.82) is 0 Å². The lowest BCUT2D eigenvalue weighted by molar-refractivity contribution is 0.287. The second-order valence-electron chi connectivity index (χ2n) is 5.22. The van der Waals surface area contributed by atoms with E-state index in [-0.39, 0.29) is 17.5 Å². The Morgan fingerprint density at radius 1 is 1.18 bits per heavy atom. The van der Waals surface area contributed by atoms with Crippen LogP contribution >= 0.6 is 0 Å². The van der Waals surface area contributed by atoms with Crippen molar-refractivity contribution in [1.82, 2.24) is 4.72 Å². The lowest BCUT2D eigenvalue weighted by atomic mass is 10.2. The number of nitrogen functional groups attached to an aromatic ring is 1. The van der Waals surface area contributed by atoms with E-state index in [0.29, 0.717) is 5.69 Å². The van der Waals surface area contributed by atoms with Crippen LogP contribution in [-0.4, -0.2) is 21.1 Å². The Balaban J connectivity index is 1.96. The number of rotatable bonds is 6. The molecule has 2 rings (SSSR count). The molecule has 5 nitrogen and oxygen atoms in total. The quantitative estimate of drug-likeness (QED) is 0.800. The number of hydrogen-bond acceptors (Lipinski definition) is 4. The highest BCUT2D eigenvalue weighted by molar-refractivity contribution is 7.89. The molecule has 0 bridgehead atoms. The fourth-order valence-corrected chi connectivity index (χ4v) is 3.17. The Bertz CT molecular complexity index is 727. The minimum atomic E-state index is -3.57. The van der Waals surface area contributed by atoms with Gasteiger partial charge in [-0.2, -0.15) is 0 Å². The van der Waals surface area contributed by atoms with Crippen LogP contribution in [0, 0.1) is 6.92 Å². The van der Waals surface area contributed by atoms with Crippen molar-refractivity contribution in [3.8, 4) is 5.75 Å². The second-order valence-corrected chi connectivity index (χ2v) is 6.93. The van der Waals surface area contributed by atoms with E-state index in [1.54, 1.807) is 19.1 Å². The summed E-state index contributed by atoms with van der Waals surface area (Å²) in [5.74, 6) is 0.721. The number of anilines is 1. The van der Waals surface area contributed by atoms with Crippen molar-refractivity contribution in [2.45, 2.75) is 24.8 Å². The molecule has 118 valence electrons. The van der Waals surface area contributed by atoms with Gasteiger partial charge in [0.05, 0.1) is 10.9 Å². The Labute approximate surface area is 131 Å². The van der Waals surface area contributed by atoms with Crippen LogP contribution in [0.3, 0.4) is 0 Å². The van der Waals surface area contributed by atoms with Crippen molar-refractivity contribution >= 4 is 15.7 Å². The molecule has 22 heavy (non-hydrogen) atoms. The third-order valence-electron chi connectivity index (χ3n) is 3.04. The van der Waals surface area contributed by atoms with Gasteiger partial charge in [0.25, 0.3) is 0 Å². The molecule has 0 unspecified atom stereocenters. The van der Waals surface area contributed by atoms with Gasteiger partial charge in [0.15, 0.2) is 0 Å². The fourth-order valence-electron chi connectivity index (χ4n) is 1.94. The van der Waals surface area contributed by atoms with E-state index in [4.69, 9.17) is 10.5 Å².